The molecule has 160 valence electrons. The summed E-state index contributed by atoms with van der Waals surface area (Å²) in [5.74, 6) is 1.23. The highest BCUT2D eigenvalue weighted by atomic mass is 35.5. The number of nitrogens with one attached hydrogen (secondary N) is 2. The minimum absolute atomic E-state index is 0.240. The first kappa shape index (κ1) is 21.8. The molecule has 0 saturated carbocycles. The van der Waals surface area contributed by atoms with E-state index in [2.05, 4.69) is 24.5 Å². The minimum Gasteiger partial charge on any atom is -0.493 e. The van der Waals surface area contributed by atoms with E-state index < -0.39 is 6.10 Å². The lowest BCUT2D eigenvalue weighted by Gasteiger charge is -2.23. The van der Waals surface area contributed by atoms with E-state index in [9.17, 15) is 9.59 Å². The van der Waals surface area contributed by atoms with Crippen molar-refractivity contribution < 1.29 is 23.8 Å². The number of halogens is 1. The van der Waals surface area contributed by atoms with Crippen LogP contribution in [0.25, 0.3) is 0 Å². The number of hydrogen-bond donors (Lipinski definition) is 2. The molecule has 1 aliphatic rings. The third-order valence-corrected chi connectivity index (χ3v) is 4.88. The van der Waals surface area contributed by atoms with Gasteiger partial charge >= 0.3 is 0 Å². The van der Waals surface area contributed by atoms with Crippen LogP contribution in [0.4, 0.5) is 11.4 Å². The summed E-state index contributed by atoms with van der Waals surface area (Å²) in [5.41, 5.74) is 1.32. The molecule has 0 spiro atoms. The van der Waals surface area contributed by atoms with Crippen LogP contribution in [0.5, 0.6) is 17.2 Å². The smallest absolute Gasteiger partial charge is 0.265 e. The summed E-state index contributed by atoms with van der Waals surface area (Å²) in [6.07, 6.45) is 0.313. The van der Waals surface area contributed by atoms with Crippen LogP contribution in [-0.4, -0.2) is 31.6 Å². The van der Waals surface area contributed by atoms with E-state index in [1.165, 1.54) is 13.2 Å². The maximum atomic E-state index is 12.7. The predicted molar refractivity (Wildman–Crippen MR) is 116 cm³/mol. The van der Waals surface area contributed by atoms with E-state index >= 15 is 0 Å². The van der Waals surface area contributed by atoms with Crippen molar-refractivity contribution >= 4 is 34.8 Å². The Bertz CT molecular complexity index is 961. The second-order valence-electron chi connectivity index (χ2n) is 7.43. The standard InChI is InChI=1S/C22H25ClN2O5/c1-12(2)7-8-29-20-16(23)9-14(10-19(20)28-4)22(27)24-15-5-6-18-17(11-15)25-21(26)13(3)30-18/h5-6,9-13H,7-8H2,1-4H3,(H,24,27)(H,25,26)/t13-/m1/s1. The lowest BCUT2D eigenvalue weighted by atomic mass is 10.1. The number of carbonyl (C=O) groups is 2. The fraction of sp³-hybridized carbons (Fsp3) is 0.364. The van der Waals surface area contributed by atoms with Crippen LogP contribution < -0.4 is 24.8 Å². The van der Waals surface area contributed by atoms with Crippen molar-refractivity contribution in [2.24, 2.45) is 5.92 Å². The molecule has 0 aliphatic carbocycles. The molecule has 1 heterocycles. The molecule has 0 bridgehead atoms. The average Bonchev–Trinajstić information content (AvgIpc) is 2.69. The van der Waals surface area contributed by atoms with Gasteiger partial charge in [0.05, 0.1) is 24.4 Å². The molecule has 1 atom stereocenters. The van der Waals surface area contributed by atoms with Gasteiger partial charge in [-0.1, -0.05) is 25.4 Å². The van der Waals surface area contributed by atoms with E-state index in [-0.39, 0.29) is 11.8 Å². The fourth-order valence-electron chi connectivity index (χ4n) is 2.88. The zero-order chi connectivity index (χ0) is 21.8. The average molecular weight is 433 g/mol. The van der Waals surface area contributed by atoms with E-state index in [1.807, 2.05) is 0 Å². The normalized spacial score (nSPS) is 15.1. The van der Waals surface area contributed by atoms with Gasteiger partial charge in [0.1, 0.15) is 5.75 Å². The first-order valence-electron chi connectivity index (χ1n) is 9.71. The lowest BCUT2D eigenvalue weighted by Crippen LogP contribution is -2.34. The maximum Gasteiger partial charge on any atom is 0.265 e. The van der Waals surface area contributed by atoms with Gasteiger partial charge in [0.25, 0.3) is 11.8 Å². The molecular weight excluding hydrogens is 408 g/mol. The molecule has 8 heteroatoms. The lowest BCUT2D eigenvalue weighted by molar-refractivity contribution is -0.122. The molecule has 2 aromatic carbocycles. The minimum atomic E-state index is -0.561. The van der Waals surface area contributed by atoms with Crippen LogP contribution in [0.1, 0.15) is 37.6 Å². The number of fused-ring (bicyclic) bond motifs is 1. The number of amides is 2. The zero-order valence-corrected chi connectivity index (χ0v) is 18.1. The van der Waals surface area contributed by atoms with Crippen LogP contribution in [0, 0.1) is 5.92 Å². The predicted octanol–water partition coefficient (Wildman–Crippen LogP) is 4.75. The highest BCUT2D eigenvalue weighted by molar-refractivity contribution is 6.32. The van der Waals surface area contributed by atoms with Gasteiger partial charge < -0.3 is 24.8 Å². The van der Waals surface area contributed by atoms with Crippen molar-refractivity contribution in [3.8, 4) is 17.2 Å². The van der Waals surface area contributed by atoms with Gasteiger partial charge in [-0.25, -0.2) is 0 Å². The Morgan fingerprint density at radius 3 is 2.77 bits per heavy atom. The largest absolute Gasteiger partial charge is 0.493 e. The third kappa shape index (κ3) is 4.97. The molecule has 2 N–H and O–H groups in total. The summed E-state index contributed by atoms with van der Waals surface area (Å²) >= 11 is 6.35. The van der Waals surface area contributed by atoms with Crippen molar-refractivity contribution in [2.45, 2.75) is 33.3 Å². The molecule has 2 amide bonds. The Morgan fingerprint density at radius 2 is 2.07 bits per heavy atom. The number of hydrogen-bond acceptors (Lipinski definition) is 5. The van der Waals surface area contributed by atoms with E-state index in [0.29, 0.717) is 51.7 Å². The van der Waals surface area contributed by atoms with Gasteiger partial charge in [-0.15, -0.1) is 0 Å². The van der Waals surface area contributed by atoms with E-state index in [4.69, 9.17) is 25.8 Å². The van der Waals surface area contributed by atoms with Gasteiger partial charge in [0.2, 0.25) is 0 Å². The van der Waals surface area contributed by atoms with Gasteiger partial charge in [-0.05, 0) is 49.6 Å². The van der Waals surface area contributed by atoms with Gasteiger partial charge in [-0.3, -0.25) is 9.59 Å². The Morgan fingerprint density at radius 1 is 1.30 bits per heavy atom. The Balaban J connectivity index is 1.76. The van der Waals surface area contributed by atoms with Crippen LogP contribution >= 0.6 is 11.6 Å². The molecule has 0 saturated heterocycles. The molecule has 0 unspecified atom stereocenters. The Hall–Kier alpha value is -2.93. The van der Waals surface area contributed by atoms with E-state index in [1.54, 1.807) is 31.2 Å². The van der Waals surface area contributed by atoms with Crippen molar-refractivity contribution in [1.29, 1.82) is 0 Å². The second-order valence-corrected chi connectivity index (χ2v) is 7.84. The number of benzene rings is 2. The molecular formula is C22H25ClN2O5. The van der Waals surface area contributed by atoms with E-state index in [0.717, 1.165) is 6.42 Å². The summed E-state index contributed by atoms with van der Waals surface area (Å²) in [6.45, 7) is 6.38. The van der Waals surface area contributed by atoms with Gasteiger partial charge in [-0.2, -0.15) is 0 Å². The van der Waals surface area contributed by atoms with Gasteiger partial charge in [0.15, 0.2) is 17.6 Å². The number of anilines is 2. The van der Waals surface area contributed by atoms with Crippen LogP contribution in [0.2, 0.25) is 5.02 Å². The SMILES string of the molecule is COc1cc(C(=O)Nc2ccc3c(c2)NC(=O)[C@@H](C)O3)cc(Cl)c1OCCC(C)C. The Labute approximate surface area is 180 Å². The first-order chi connectivity index (χ1) is 14.3. The van der Waals surface area contributed by atoms with Crippen molar-refractivity contribution in [2.75, 3.05) is 24.4 Å². The molecule has 0 radical (unpaired) electrons. The highest BCUT2D eigenvalue weighted by Crippen LogP contribution is 2.37. The topological polar surface area (TPSA) is 85.9 Å². The highest BCUT2D eigenvalue weighted by Gasteiger charge is 2.24. The van der Waals surface area contributed by atoms with Gasteiger partial charge in [0, 0.05) is 11.3 Å². The third-order valence-electron chi connectivity index (χ3n) is 4.60. The summed E-state index contributed by atoms with van der Waals surface area (Å²) in [7, 11) is 1.50. The Kier molecular flexibility index (Phi) is 6.72. The number of methoxy groups -OCH3 is 1. The number of rotatable bonds is 7. The summed E-state index contributed by atoms with van der Waals surface area (Å²) < 4.78 is 16.7. The van der Waals surface area contributed by atoms with Crippen molar-refractivity contribution in [3.05, 3.63) is 40.9 Å². The quantitative estimate of drug-likeness (QED) is 0.659. The van der Waals surface area contributed by atoms with Crippen LogP contribution in [0.15, 0.2) is 30.3 Å². The molecule has 0 fully saturated rings. The molecule has 30 heavy (non-hydrogen) atoms. The summed E-state index contributed by atoms with van der Waals surface area (Å²) in [6, 6.07) is 8.15. The number of carbonyl (C=O) groups excluding carboxylic acids is 2. The zero-order valence-electron chi connectivity index (χ0n) is 17.4. The summed E-state index contributed by atoms with van der Waals surface area (Å²) in [5, 5.41) is 5.84. The van der Waals surface area contributed by atoms with Crippen LogP contribution in [0.3, 0.4) is 0 Å². The second kappa shape index (κ2) is 9.26. The molecule has 1 aliphatic heterocycles. The number of ether oxygens (including phenoxy) is 3. The first-order valence-corrected chi connectivity index (χ1v) is 10.1. The monoisotopic (exact) mass is 432 g/mol. The molecule has 0 aromatic heterocycles. The fourth-order valence-corrected chi connectivity index (χ4v) is 3.14. The molecule has 7 nitrogen and oxygen atoms in total. The maximum absolute atomic E-state index is 12.7. The molecule has 2 aromatic rings. The van der Waals surface area contributed by atoms with Crippen molar-refractivity contribution in [1.82, 2.24) is 0 Å². The summed E-state index contributed by atoms with van der Waals surface area (Å²) in [4.78, 5) is 24.5. The van der Waals surface area contributed by atoms with Crippen LogP contribution in [-0.2, 0) is 4.79 Å². The molecule has 3 rings (SSSR count). The van der Waals surface area contributed by atoms with Crippen molar-refractivity contribution in [3.63, 3.8) is 0 Å².